The monoisotopic (exact) mass is 248 g/mol. The summed E-state index contributed by atoms with van der Waals surface area (Å²) in [7, 11) is 2.06. The number of rotatable bonds is 6. The molecule has 1 aliphatic rings. The molecular weight excluding hydrogens is 228 g/mol. The van der Waals surface area contributed by atoms with Crippen LogP contribution in [0, 0.1) is 5.41 Å². The zero-order valence-electron chi connectivity index (χ0n) is 10.8. The molecule has 1 aliphatic heterocycles. The number of hydrogen-bond donors (Lipinski definition) is 0. The molecule has 1 atom stereocenters. The van der Waals surface area contributed by atoms with Crippen LogP contribution >= 0.6 is 0 Å². The van der Waals surface area contributed by atoms with Crippen LogP contribution in [0.4, 0.5) is 0 Å². The van der Waals surface area contributed by atoms with Crippen LogP contribution in [0.2, 0.25) is 0 Å². The van der Waals surface area contributed by atoms with E-state index >= 15 is 0 Å². The molecule has 0 N–H and O–H groups in total. The highest BCUT2D eigenvalue weighted by molar-refractivity contribution is 5.60. The van der Waals surface area contributed by atoms with E-state index in [1.54, 1.807) is 0 Å². The first-order valence-corrected chi connectivity index (χ1v) is 6.36. The number of aldehydes is 1. The fourth-order valence-corrected chi connectivity index (χ4v) is 2.36. The van der Waals surface area contributed by atoms with E-state index in [-0.39, 0.29) is 5.41 Å². The van der Waals surface area contributed by atoms with E-state index in [4.69, 9.17) is 4.74 Å². The van der Waals surface area contributed by atoms with E-state index < -0.39 is 0 Å². The van der Waals surface area contributed by atoms with Crippen molar-refractivity contribution in [1.82, 2.24) is 9.88 Å². The molecule has 18 heavy (non-hydrogen) atoms. The van der Waals surface area contributed by atoms with Gasteiger partial charge in [-0.3, -0.25) is 4.98 Å². The molecule has 98 valence electrons. The summed E-state index contributed by atoms with van der Waals surface area (Å²) in [5, 5.41) is 0. The predicted octanol–water partition coefficient (Wildman–Crippen LogP) is 1.16. The molecule has 1 unspecified atom stereocenters. The number of ether oxygens (including phenoxy) is 1. The Morgan fingerprint density at radius 2 is 2.28 bits per heavy atom. The van der Waals surface area contributed by atoms with Crippen molar-refractivity contribution in [3.63, 3.8) is 0 Å². The summed E-state index contributed by atoms with van der Waals surface area (Å²) in [6, 6.07) is 4.06. The van der Waals surface area contributed by atoms with Crippen LogP contribution in [0.15, 0.2) is 24.5 Å². The number of likely N-dealkylation sites (N-methyl/N-ethyl adjacent to an activating group) is 1. The van der Waals surface area contributed by atoms with Gasteiger partial charge in [0.15, 0.2) is 0 Å². The number of carbonyl (C=O) groups excluding carboxylic acids is 1. The van der Waals surface area contributed by atoms with Crippen LogP contribution < -0.4 is 0 Å². The molecule has 0 spiro atoms. The maximum atomic E-state index is 11.2. The summed E-state index contributed by atoms with van der Waals surface area (Å²) in [4.78, 5) is 17.4. The van der Waals surface area contributed by atoms with Gasteiger partial charge in [-0.05, 0) is 37.6 Å². The lowest BCUT2D eigenvalue weighted by molar-refractivity contribution is -0.117. The van der Waals surface area contributed by atoms with Gasteiger partial charge < -0.3 is 14.4 Å². The third-order valence-electron chi connectivity index (χ3n) is 3.50. The highest BCUT2D eigenvalue weighted by Gasteiger charge is 2.35. The normalized spacial score (nSPS) is 23.4. The Morgan fingerprint density at radius 1 is 1.50 bits per heavy atom. The molecular formula is C14H20N2O2. The Morgan fingerprint density at radius 3 is 2.89 bits per heavy atom. The largest absolute Gasteiger partial charge is 0.380 e. The second-order valence-corrected chi connectivity index (χ2v) is 5.13. The number of hydrogen-bond acceptors (Lipinski definition) is 4. The minimum Gasteiger partial charge on any atom is -0.380 e. The molecule has 1 fully saturated rings. The van der Waals surface area contributed by atoms with Gasteiger partial charge in [0, 0.05) is 32.1 Å². The Kier molecular flexibility index (Phi) is 4.44. The first-order chi connectivity index (χ1) is 8.74. The van der Waals surface area contributed by atoms with Gasteiger partial charge in [-0.15, -0.1) is 0 Å². The van der Waals surface area contributed by atoms with Crippen LogP contribution in [0.3, 0.4) is 0 Å². The highest BCUT2D eigenvalue weighted by atomic mass is 16.5. The second kappa shape index (κ2) is 6.07. The maximum Gasteiger partial charge on any atom is 0.129 e. The zero-order chi connectivity index (χ0) is 12.8. The van der Waals surface area contributed by atoms with E-state index in [1.807, 2.05) is 24.5 Å². The fraction of sp³-hybridized carbons (Fsp3) is 0.571. The standard InChI is InChI=1S/C14H20N2O2/c1-16(8-4-13-2-6-15-7-3-13)10-14(11-17)5-9-18-12-14/h2-3,6-7,11H,4-5,8-10,12H2,1H3. The molecule has 0 bridgehead atoms. The second-order valence-electron chi connectivity index (χ2n) is 5.13. The first kappa shape index (κ1) is 13.2. The van der Waals surface area contributed by atoms with Gasteiger partial charge in [0.2, 0.25) is 0 Å². The van der Waals surface area contributed by atoms with Crippen molar-refractivity contribution in [3.05, 3.63) is 30.1 Å². The quantitative estimate of drug-likeness (QED) is 0.709. The summed E-state index contributed by atoms with van der Waals surface area (Å²) in [5.41, 5.74) is 0.993. The van der Waals surface area contributed by atoms with E-state index in [0.29, 0.717) is 13.2 Å². The lowest BCUT2D eigenvalue weighted by Gasteiger charge is -2.27. The lowest BCUT2D eigenvalue weighted by atomic mass is 9.88. The van der Waals surface area contributed by atoms with Gasteiger partial charge in [-0.2, -0.15) is 0 Å². The van der Waals surface area contributed by atoms with Crippen molar-refractivity contribution < 1.29 is 9.53 Å². The molecule has 0 aromatic carbocycles. The Labute approximate surface area is 108 Å². The molecule has 1 aromatic heterocycles. The summed E-state index contributed by atoms with van der Waals surface area (Å²) in [6.07, 6.45) is 6.52. The molecule has 0 radical (unpaired) electrons. The van der Waals surface area contributed by atoms with Crippen molar-refractivity contribution >= 4 is 6.29 Å². The number of carbonyl (C=O) groups is 1. The Balaban J connectivity index is 1.81. The SMILES string of the molecule is CN(CCc1ccncc1)CC1(C=O)CCOC1. The van der Waals surface area contributed by atoms with E-state index in [9.17, 15) is 4.79 Å². The van der Waals surface area contributed by atoms with E-state index in [1.165, 1.54) is 5.56 Å². The summed E-state index contributed by atoms with van der Waals surface area (Å²) < 4.78 is 5.35. The van der Waals surface area contributed by atoms with Gasteiger partial charge in [-0.1, -0.05) is 0 Å². The Bertz CT molecular complexity index is 375. The van der Waals surface area contributed by atoms with Crippen molar-refractivity contribution in [2.45, 2.75) is 12.8 Å². The molecule has 1 saturated heterocycles. The maximum absolute atomic E-state index is 11.2. The molecule has 0 saturated carbocycles. The van der Waals surface area contributed by atoms with E-state index in [0.717, 1.165) is 32.2 Å². The third-order valence-corrected chi connectivity index (χ3v) is 3.50. The number of nitrogens with zero attached hydrogens (tertiary/aromatic N) is 2. The van der Waals surface area contributed by atoms with Gasteiger partial charge in [0.05, 0.1) is 12.0 Å². The molecule has 1 aromatic rings. The fourth-order valence-electron chi connectivity index (χ4n) is 2.36. The summed E-state index contributed by atoms with van der Waals surface area (Å²) in [6.45, 7) is 2.99. The van der Waals surface area contributed by atoms with Crippen molar-refractivity contribution in [1.29, 1.82) is 0 Å². The summed E-state index contributed by atoms with van der Waals surface area (Å²) in [5.74, 6) is 0. The summed E-state index contributed by atoms with van der Waals surface area (Å²) >= 11 is 0. The lowest BCUT2D eigenvalue weighted by Crippen LogP contribution is -2.38. The van der Waals surface area contributed by atoms with Crippen LogP contribution in [-0.4, -0.2) is 49.5 Å². The molecule has 0 amide bonds. The zero-order valence-corrected chi connectivity index (χ0v) is 10.8. The van der Waals surface area contributed by atoms with Crippen molar-refractivity contribution in [2.75, 3.05) is 33.4 Å². The topological polar surface area (TPSA) is 42.4 Å². The third kappa shape index (κ3) is 3.37. The Hall–Kier alpha value is -1.26. The predicted molar refractivity (Wildman–Crippen MR) is 69.4 cm³/mol. The van der Waals surface area contributed by atoms with Gasteiger partial charge in [-0.25, -0.2) is 0 Å². The minimum absolute atomic E-state index is 0.285. The van der Waals surface area contributed by atoms with Crippen LogP contribution in [0.5, 0.6) is 0 Å². The molecule has 2 rings (SSSR count). The van der Waals surface area contributed by atoms with Gasteiger partial charge in [0.25, 0.3) is 0 Å². The van der Waals surface area contributed by atoms with Crippen LogP contribution in [0.1, 0.15) is 12.0 Å². The molecule has 4 nitrogen and oxygen atoms in total. The highest BCUT2D eigenvalue weighted by Crippen LogP contribution is 2.26. The minimum atomic E-state index is -0.285. The first-order valence-electron chi connectivity index (χ1n) is 6.36. The number of pyridine rings is 1. The van der Waals surface area contributed by atoms with Crippen molar-refractivity contribution in [3.8, 4) is 0 Å². The van der Waals surface area contributed by atoms with Crippen LogP contribution in [-0.2, 0) is 16.0 Å². The number of aromatic nitrogens is 1. The van der Waals surface area contributed by atoms with E-state index in [2.05, 4.69) is 16.9 Å². The molecule has 0 aliphatic carbocycles. The molecule has 4 heteroatoms. The average molecular weight is 248 g/mol. The van der Waals surface area contributed by atoms with Crippen molar-refractivity contribution in [2.24, 2.45) is 5.41 Å². The molecule has 2 heterocycles. The van der Waals surface area contributed by atoms with Gasteiger partial charge >= 0.3 is 0 Å². The van der Waals surface area contributed by atoms with Gasteiger partial charge in [0.1, 0.15) is 6.29 Å². The smallest absolute Gasteiger partial charge is 0.129 e. The average Bonchev–Trinajstić information content (AvgIpc) is 2.87. The van der Waals surface area contributed by atoms with Crippen LogP contribution in [0.25, 0.3) is 0 Å².